The molecule has 0 aliphatic heterocycles. The molecule has 2 aliphatic rings. The Hall–Kier alpha value is -2.30. The minimum Gasteiger partial charge on any atom is -0.494 e. The van der Waals surface area contributed by atoms with Crippen molar-refractivity contribution in [3.8, 4) is 11.5 Å². The van der Waals surface area contributed by atoms with Crippen molar-refractivity contribution < 1.29 is 23.8 Å². The molecule has 3 rings (SSSR count). The average Bonchev–Trinajstić information content (AvgIpc) is 2.79. The van der Waals surface area contributed by atoms with Crippen molar-refractivity contribution in [3.63, 3.8) is 0 Å². The Balaban J connectivity index is 1.38. The normalized spacial score (nSPS) is 26.4. The summed E-state index contributed by atoms with van der Waals surface area (Å²) in [5.41, 5.74) is 0. The van der Waals surface area contributed by atoms with Gasteiger partial charge in [0.15, 0.2) is 0 Å². The Bertz CT molecular complexity index is 723. The molecule has 170 valence electrons. The third-order valence-corrected chi connectivity index (χ3v) is 6.59. The summed E-state index contributed by atoms with van der Waals surface area (Å²) < 4.78 is 16.7. The molecule has 0 bridgehead atoms. The Labute approximate surface area is 186 Å². The molecule has 2 fully saturated rings. The highest BCUT2D eigenvalue weighted by atomic mass is 16.5. The first-order valence-corrected chi connectivity index (χ1v) is 11.9. The molecule has 0 unspecified atom stereocenters. The fraction of sp³-hybridized carbons (Fsp3) is 0.615. The lowest BCUT2D eigenvalue weighted by atomic mass is 9.70. The standard InChI is InChI=1S/C26H36O5/c1-3-5-25(27)30-23-12-10-20(11-13-23)19-6-8-21(9-7-19)26(28)31-24-16-14-22(15-17-24)29-18-4-2/h3,5,14-17,19-21,23H,4,6-13,18H2,1-2H3/t19-,20-,21-,23-. The first-order chi connectivity index (χ1) is 15.1. The lowest BCUT2D eigenvalue weighted by molar-refractivity contribution is -0.145. The number of carbonyl (C=O) groups excluding carboxylic acids is 2. The van der Waals surface area contributed by atoms with E-state index in [-0.39, 0.29) is 24.0 Å². The average molecular weight is 429 g/mol. The van der Waals surface area contributed by atoms with Gasteiger partial charge in [0.2, 0.25) is 0 Å². The van der Waals surface area contributed by atoms with E-state index in [2.05, 4.69) is 6.92 Å². The second-order valence-electron chi connectivity index (χ2n) is 8.83. The van der Waals surface area contributed by atoms with Crippen LogP contribution in [0.2, 0.25) is 0 Å². The van der Waals surface area contributed by atoms with Crippen molar-refractivity contribution in [1.82, 2.24) is 0 Å². The molecule has 31 heavy (non-hydrogen) atoms. The second kappa shape index (κ2) is 11.9. The van der Waals surface area contributed by atoms with E-state index in [9.17, 15) is 9.59 Å². The van der Waals surface area contributed by atoms with Crippen LogP contribution in [-0.4, -0.2) is 24.6 Å². The van der Waals surface area contributed by atoms with Gasteiger partial charge in [-0.3, -0.25) is 4.79 Å². The summed E-state index contributed by atoms with van der Waals surface area (Å²) in [6.07, 6.45) is 12.3. The number of ether oxygens (including phenoxy) is 3. The van der Waals surface area contributed by atoms with E-state index in [0.717, 1.165) is 63.5 Å². The van der Waals surface area contributed by atoms with Crippen LogP contribution in [0.1, 0.15) is 71.6 Å². The number of hydrogen-bond acceptors (Lipinski definition) is 5. The topological polar surface area (TPSA) is 61.8 Å². The van der Waals surface area contributed by atoms with Crippen LogP contribution in [0.15, 0.2) is 36.4 Å². The maximum atomic E-state index is 12.6. The lowest BCUT2D eigenvalue weighted by Gasteiger charge is -2.37. The highest BCUT2D eigenvalue weighted by molar-refractivity contribution is 5.81. The van der Waals surface area contributed by atoms with E-state index in [4.69, 9.17) is 14.2 Å². The third kappa shape index (κ3) is 7.12. The molecule has 0 amide bonds. The molecule has 2 aliphatic carbocycles. The molecular weight excluding hydrogens is 392 g/mol. The van der Waals surface area contributed by atoms with Gasteiger partial charge in [-0.25, -0.2) is 4.79 Å². The Morgan fingerprint density at radius 1 is 0.903 bits per heavy atom. The number of esters is 2. The van der Waals surface area contributed by atoms with E-state index in [1.54, 1.807) is 18.2 Å². The van der Waals surface area contributed by atoms with Crippen molar-refractivity contribution in [2.24, 2.45) is 17.8 Å². The van der Waals surface area contributed by atoms with Crippen molar-refractivity contribution in [2.45, 2.75) is 77.7 Å². The molecule has 0 spiro atoms. The van der Waals surface area contributed by atoms with Crippen LogP contribution in [0.5, 0.6) is 11.5 Å². The van der Waals surface area contributed by atoms with Crippen LogP contribution in [0.25, 0.3) is 0 Å². The molecule has 1 aromatic carbocycles. The van der Waals surface area contributed by atoms with Crippen molar-refractivity contribution in [2.75, 3.05) is 6.61 Å². The van der Waals surface area contributed by atoms with Gasteiger partial charge >= 0.3 is 11.9 Å². The SMILES string of the molecule is CC=CC(=O)O[C@H]1CC[C@H]([C@H]2CC[C@H](C(=O)Oc3ccc(OCCC)cc3)CC2)CC1. The first kappa shape index (κ1) is 23.4. The van der Waals surface area contributed by atoms with E-state index in [0.29, 0.717) is 24.2 Å². The van der Waals surface area contributed by atoms with Crippen LogP contribution >= 0.6 is 0 Å². The molecule has 0 N–H and O–H groups in total. The zero-order valence-electron chi connectivity index (χ0n) is 18.9. The lowest BCUT2D eigenvalue weighted by Crippen LogP contribution is -2.31. The van der Waals surface area contributed by atoms with Crippen LogP contribution in [-0.2, 0) is 14.3 Å². The van der Waals surface area contributed by atoms with Crippen molar-refractivity contribution in [1.29, 1.82) is 0 Å². The van der Waals surface area contributed by atoms with Crippen molar-refractivity contribution >= 4 is 11.9 Å². The molecule has 0 heterocycles. The summed E-state index contributed by atoms with van der Waals surface area (Å²) in [5, 5.41) is 0. The van der Waals surface area contributed by atoms with Crippen LogP contribution < -0.4 is 9.47 Å². The fourth-order valence-corrected chi connectivity index (χ4v) is 4.87. The Kier molecular flexibility index (Phi) is 8.98. The molecule has 5 nitrogen and oxygen atoms in total. The van der Waals surface area contributed by atoms with Gasteiger partial charge in [-0.15, -0.1) is 0 Å². The van der Waals surface area contributed by atoms with Gasteiger partial charge in [0.25, 0.3) is 0 Å². The predicted molar refractivity (Wildman–Crippen MR) is 120 cm³/mol. The molecule has 0 aromatic heterocycles. The van der Waals surface area contributed by atoms with Gasteiger partial charge in [-0.1, -0.05) is 13.0 Å². The Morgan fingerprint density at radius 2 is 1.48 bits per heavy atom. The largest absolute Gasteiger partial charge is 0.494 e. The number of benzene rings is 1. The molecular formula is C26H36O5. The van der Waals surface area contributed by atoms with Crippen LogP contribution in [0.3, 0.4) is 0 Å². The molecule has 0 saturated heterocycles. The third-order valence-electron chi connectivity index (χ3n) is 6.59. The number of rotatable bonds is 8. The maximum Gasteiger partial charge on any atom is 0.330 e. The molecule has 2 saturated carbocycles. The van der Waals surface area contributed by atoms with Crippen LogP contribution in [0, 0.1) is 17.8 Å². The zero-order chi connectivity index (χ0) is 22.1. The Morgan fingerprint density at radius 3 is 2.06 bits per heavy atom. The molecule has 5 heteroatoms. The summed E-state index contributed by atoms with van der Waals surface area (Å²) in [6, 6.07) is 7.30. The van der Waals surface area contributed by atoms with E-state index < -0.39 is 0 Å². The second-order valence-corrected chi connectivity index (χ2v) is 8.83. The minimum absolute atomic E-state index is 0.00890. The van der Waals surface area contributed by atoms with Crippen molar-refractivity contribution in [3.05, 3.63) is 36.4 Å². The quantitative estimate of drug-likeness (QED) is 0.295. The van der Waals surface area contributed by atoms with Crippen LogP contribution in [0.4, 0.5) is 0 Å². The highest BCUT2D eigenvalue weighted by Gasteiger charge is 2.34. The summed E-state index contributed by atoms with van der Waals surface area (Å²) in [4.78, 5) is 24.2. The van der Waals surface area contributed by atoms with Gasteiger partial charge in [0.1, 0.15) is 17.6 Å². The monoisotopic (exact) mass is 428 g/mol. The number of allylic oxidation sites excluding steroid dienone is 1. The van der Waals surface area contributed by atoms with Gasteiger partial charge in [-0.2, -0.15) is 0 Å². The number of hydrogen-bond donors (Lipinski definition) is 0. The minimum atomic E-state index is -0.229. The first-order valence-electron chi connectivity index (χ1n) is 11.9. The van der Waals surface area contributed by atoms with Gasteiger partial charge in [0, 0.05) is 6.08 Å². The molecule has 0 radical (unpaired) electrons. The molecule has 0 atom stereocenters. The zero-order valence-corrected chi connectivity index (χ0v) is 18.9. The summed E-state index contributed by atoms with van der Waals surface area (Å²) in [7, 11) is 0. The summed E-state index contributed by atoms with van der Waals surface area (Å²) in [5.74, 6) is 2.39. The summed E-state index contributed by atoms with van der Waals surface area (Å²) >= 11 is 0. The fourth-order valence-electron chi connectivity index (χ4n) is 4.87. The number of carbonyl (C=O) groups is 2. The molecule has 1 aromatic rings. The van der Waals surface area contributed by atoms with Gasteiger partial charge in [-0.05, 0) is 101 Å². The van der Waals surface area contributed by atoms with E-state index in [1.165, 1.54) is 6.08 Å². The smallest absolute Gasteiger partial charge is 0.330 e. The van der Waals surface area contributed by atoms with E-state index >= 15 is 0 Å². The summed E-state index contributed by atoms with van der Waals surface area (Å²) in [6.45, 7) is 4.58. The maximum absolute atomic E-state index is 12.6. The highest BCUT2D eigenvalue weighted by Crippen LogP contribution is 2.41. The van der Waals surface area contributed by atoms with Gasteiger partial charge in [0.05, 0.1) is 12.5 Å². The predicted octanol–water partition coefficient (Wildman–Crippen LogP) is 5.87. The van der Waals surface area contributed by atoms with Gasteiger partial charge < -0.3 is 14.2 Å². The van der Waals surface area contributed by atoms with E-state index in [1.807, 2.05) is 19.1 Å².